The van der Waals surface area contributed by atoms with E-state index in [9.17, 15) is 31.5 Å². The Morgan fingerprint density at radius 2 is 1.77 bits per heavy atom. The number of sulfone groups is 1. The molecule has 0 bridgehead atoms. The molecule has 0 radical (unpaired) electrons. The van der Waals surface area contributed by atoms with Gasteiger partial charge < -0.3 is 15.2 Å². The molecule has 1 amide bonds. The van der Waals surface area contributed by atoms with Gasteiger partial charge in [0.2, 0.25) is 0 Å². The fourth-order valence-corrected chi connectivity index (χ4v) is 7.76. The van der Waals surface area contributed by atoms with Gasteiger partial charge in [0.05, 0.1) is 46.5 Å². The van der Waals surface area contributed by atoms with E-state index in [0.717, 1.165) is 43.7 Å². The molecule has 2 aromatic rings. The van der Waals surface area contributed by atoms with Gasteiger partial charge >= 0.3 is 6.18 Å². The number of nitrogens with zero attached hydrogens (tertiary/aromatic N) is 2. The minimum Gasteiger partial charge on any atom is -0.394 e. The number of halogens is 3. The predicted molar refractivity (Wildman–Crippen MR) is 159 cm³/mol. The molecule has 44 heavy (non-hydrogen) atoms. The molecule has 3 heterocycles. The van der Waals surface area contributed by atoms with Gasteiger partial charge in [0.25, 0.3) is 5.91 Å². The molecule has 2 atom stereocenters. The van der Waals surface area contributed by atoms with Gasteiger partial charge in [-0.3, -0.25) is 14.7 Å². The number of nitrogens with one attached hydrogen (secondary N) is 1. The van der Waals surface area contributed by atoms with Crippen molar-refractivity contribution in [2.24, 2.45) is 17.8 Å². The van der Waals surface area contributed by atoms with E-state index >= 15 is 0 Å². The zero-order valence-corrected chi connectivity index (χ0v) is 25.9. The highest BCUT2D eigenvalue weighted by Crippen LogP contribution is 2.43. The van der Waals surface area contributed by atoms with E-state index in [1.165, 1.54) is 12.1 Å². The molecule has 1 aromatic carbocycles. The highest BCUT2D eigenvalue weighted by molar-refractivity contribution is 7.91. The molecular weight excluding hydrogens is 595 g/mol. The Kier molecular flexibility index (Phi) is 10.3. The average Bonchev–Trinajstić information content (AvgIpc) is 3.35. The molecule has 5 rings (SSSR count). The summed E-state index contributed by atoms with van der Waals surface area (Å²) in [5.41, 5.74) is 2.79. The molecule has 3 aliphatic rings. The highest BCUT2D eigenvalue weighted by atomic mass is 32.2. The third-order valence-electron chi connectivity index (χ3n) is 9.60. The first-order valence-corrected chi connectivity index (χ1v) is 17.3. The van der Waals surface area contributed by atoms with Crippen LogP contribution in [-0.4, -0.2) is 67.6 Å². The van der Waals surface area contributed by atoms with E-state index in [0.29, 0.717) is 43.0 Å². The molecule has 12 heteroatoms. The second-order valence-corrected chi connectivity index (χ2v) is 14.7. The minimum absolute atomic E-state index is 0.0234. The molecule has 2 fully saturated rings. The molecule has 1 aromatic heterocycles. The number of rotatable bonds is 10. The van der Waals surface area contributed by atoms with E-state index in [1.54, 1.807) is 25.3 Å². The van der Waals surface area contributed by atoms with E-state index in [4.69, 9.17) is 9.72 Å². The highest BCUT2D eigenvalue weighted by Gasteiger charge is 2.42. The lowest BCUT2D eigenvalue weighted by atomic mass is 9.81. The van der Waals surface area contributed by atoms with Gasteiger partial charge in [-0.05, 0) is 86.1 Å². The van der Waals surface area contributed by atoms with Crippen molar-refractivity contribution in [2.75, 3.05) is 32.1 Å². The van der Waals surface area contributed by atoms with Crippen molar-refractivity contribution < 1.29 is 36.2 Å². The monoisotopic (exact) mass is 637 g/mol. The van der Waals surface area contributed by atoms with Gasteiger partial charge in [-0.15, -0.1) is 0 Å². The smallest absolute Gasteiger partial charge is 0.391 e. The first-order chi connectivity index (χ1) is 21.0. The number of amides is 1. The Morgan fingerprint density at radius 1 is 1.09 bits per heavy atom. The van der Waals surface area contributed by atoms with Gasteiger partial charge in [0, 0.05) is 32.5 Å². The summed E-state index contributed by atoms with van der Waals surface area (Å²) in [5.74, 6) is -0.983. The van der Waals surface area contributed by atoms with Crippen molar-refractivity contribution in [2.45, 2.75) is 81.6 Å². The van der Waals surface area contributed by atoms with Crippen LogP contribution >= 0.6 is 0 Å². The number of fused-ring (bicyclic) bond motifs is 1. The summed E-state index contributed by atoms with van der Waals surface area (Å²) in [5, 5.41) is 12.9. The number of aliphatic hydroxyl groups excluding tert-OH is 1. The molecule has 8 nitrogen and oxygen atoms in total. The van der Waals surface area contributed by atoms with E-state index in [-0.39, 0.29) is 42.1 Å². The van der Waals surface area contributed by atoms with Crippen LogP contribution in [0, 0.1) is 17.8 Å². The summed E-state index contributed by atoms with van der Waals surface area (Å²) in [4.78, 5) is 20.6. The van der Waals surface area contributed by atoms with Crippen LogP contribution < -0.4 is 5.32 Å². The number of ether oxygens (including phenoxy) is 1. The van der Waals surface area contributed by atoms with Crippen molar-refractivity contribution in [3.8, 4) is 0 Å². The van der Waals surface area contributed by atoms with Crippen molar-refractivity contribution in [3.63, 3.8) is 0 Å². The maximum absolute atomic E-state index is 13.3. The summed E-state index contributed by atoms with van der Waals surface area (Å²) in [6.07, 6.45) is 1.69. The Hall–Kier alpha value is -2.54. The average molecular weight is 638 g/mol. The van der Waals surface area contributed by atoms with E-state index in [1.807, 2.05) is 6.07 Å². The summed E-state index contributed by atoms with van der Waals surface area (Å²) in [6, 6.07) is 7.26. The Balaban J connectivity index is 1.29. The van der Waals surface area contributed by atoms with Crippen LogP contribution in [0.2, 0.25) is 0 Å². The first-order valence-electron chi connectivity index (χ1n) is 15.6. The van der Waals surface area contributed by atoms with Crippen molar-refractivity contribution >= 4 is 15.7 Å². The van der Waals surface area contributed by atoms with E-state index < -0.39 is 33.9 Å². The van der Waals surface area contributed by atoms with Gasteiger partial charge in [-0.1, -0.05) is 19.1 Å². The summed E-state index contributed by atoms with van der Waals surface area (Å²) in [7, 11) is -3.37. The third-order valence-corrected chi connectivity index (χ3v) is 11.4. The lowest BCUT2D eigenvalue weighted by molar-refractivity contribution is -0.184. The normalized spacial score (nSPS) is 24.2. The Bertz CT molecular complexity index is 1390. The molecule has 2 aliphatic heterocycles. The summed E-state index contributed by atoms with van der Waals surface area (Å²) >= 11 is 0. The van der Waals surface area contributed by atoms with Gasteiger partial charge in [-0.25, -0.2) is 8.42 Å². The molecule has 1 saturated heterocycles. The number of aromatic nitrogens is 1. The van der Waals surface area contributed by atoms with Crippen molar-refractivity contribution in [1.29, 1.82) is 0 Å². The summed E-state index contributed by atoms with van der Waals surface area (Å²) in [6.45, 7) is 3.92. The first kappa shape index (κ1) is 32.8. The van der Waals surface area contributed by atoms with Crippen LogP contribution in [0.3, 0.4) is 0 Å². The van der Waals surface area contributed by atoms with Gasteiger partial charge in [-0.2, -0.15) is 13.2 Å². The second-order valence-electron chi connectivity index (χ2n) is 12.4. The van der Waals surface area contributed by atoms with Crippen molar-refractivity contribution in [3.05, 3.63) is 58.9 Å². The number of aliphatic hydroxyl groups is 1. The zero-order chi connectivity index (χ0) is 31.5. The van der Waals surface area contributed by atoms with Crippen LogP contribution in [0.1, 0.15) is 91.1 Å². The number of pyridine rings is 1. The van der Waals surface area contributed by atoms with Crippen LogP contribution in [0.15, 0.2) is 41.4 Å². The van der Waals surface area contributed by atoms with Crippen LogP contribution in [0.4, 0.5) is 13.2 Å². The number of alkyl halides is 3. The minimum atomic E-state index is -4.13. The standard InChI is InChI=1S/C32H42F3N3O5S/c1-2-44(41,42)27-9-5-23(6-10-27)28(20-39)37-31(40)24-16-25-19-38(18-22-3-7-26(8-4-22)32(33,34)35)29(30(25)36-17-24)15-21-11-13-43-14-12-21/h5-6,9-10,16-17,21-22,26,28-29,39H,2-4,7-8,11-15,18-20H2,1H3,(H,37,40)/t22-,26-,28-,29-/m0/s1. The van der Waals surface area contributed by atoms with Crippen LogP contribution in [0.5, 0.6) is 0 Å². The van der Waals surface area contributed by atoms with Crippen LogP contribution in [-0.2, 0) is 21.1 Å². The molecular formula is C32H42F3N3O5S. The van der Waals surface area contributed by atoms with Crippen molar-refractivity contribution in [1.82, 2.24) is 15.2 Å². The summed E-state index contributed by atoms with van der Waals surface area (Å²) < 4.78 is 69.6. The van der Waals surface area contributed by atoms with Crippen LogP contribution in [0.25, 0.3) is 0 Å². The zero-order valence-electron chi connectivity index (χ0n) is 25.1. The maximum atomic E-state index is 13.3. The lowest BCUT2D eigenvalue weighted by Crippen LogP contribution is -2.34. The SMILES string of the molecule is CCS(=O)(=O)c1ccc([C@H](CO)NC(=O)c2cnc3c(c2)CN(C[C@H]2CC[C@H](C(F)(F)F)CC2)[C@H]3CC2CCOCC2)cc1. The number of carbonyl (C=O) groups is 1. The predicted octanol–water partition coefficient (Wildman–Crippen LogP) is 5.38. The largest absolute Gasteiger partial charge is 0.394 e. The number of hydrogen-bond donors (Lipinski definition) is 2. The Morgan fingerprint density at radius 3 is 2.39 bits per heavy atom. The number of carbonyl (C=O) groups excluding carboxylic acids is 1. The fourth-order valence-electron chi connectivity index (χ4n) is 6.88. The maximum Gasteiger partial charge on any atom is 0.391 e. The fraction of sp³-hybridized carbons (Fsp3) is 0.625. The molecule has 242 valence electrons. The molecule has 1 saturated carbocycles. The molecule has 2 N–H and O–H groups in total. The quantitative estimate of drug-likeness (QED) is 0.360. The number of hydrogen-bond acceptors (Lipinski definition) is 7. The molecule has 1 aliphatic carbocycles. The third kappa shape index (κ3) is 7.63. The second kappa shape index (κ2) is 13.8. The van der Waals surface area contributed by atoms with Gasteiger partial charge in [0.15, 0.2) is 9.84 Å². The van der Waals surface area contributed by atoms with Gasteiger partial charge in [0.1, 0.15) is 0 Å². The van der Waals surface area contributed by atoms with E-state index in [2.05, 4.69) is 10.2 Å². The molecule has 0 spiro atoms. The Labute approximate surface area is 257 Å². The lowest BCUT2D eigenvalue weighted by Gasteiger charge is -2.35. The topological polar surface area (TPSA) is 109 Å². The molecule has 0 unspecified atom stereocenters. The number of benzene rings is 1.